The zero-order valence-electron chi connectivity index (χ0n) is 13.0. The lowest BCUT2D eigenvalue weighted by Crippen LogP contribution is -2.32. The van der Waals surface area contributed by atoms with Gasteiger partial charge in [-0.25, -0.2) is 4.98 Å². The Bertz CT molecular complexity index is 723. The second-order valence-corrected chi connectivity index (χ2v) is 6.21. The van der Waals surface area contributed by atoms with Crippen LogP contribution in [-0.2, 0) is 11.2 Å². The van der Waals surface area contributed by atoms with Crippen LogP contribution < -0.4 is 5.32 Å². The number of fused-ring (bicyclic) bond motifs is 1. The largest absolute Gasteiger partial charge is 0.356 e. The van der Waals surface area contributed by atoms with Crippen LogP contribution in [0.25, 0.3) is 0 Å². The number of nitrogens with zero attached hydrogens (tertiary/aromatic N) is 2. The van der Waals surface area contributed by atoms with E-state index in [2.05, 4.69) is 10.3 Å². The minimum absolute atomic E-state index is 0.0816. The fraction of sp³-hybridized carbons (Fsp3) is 0.294. The first-order chi connectivity index (χ1) is 11.7. The third-order valence-electron chi connectivity index (χ3n) is 3.85. The van der Waals surface area contributed by atoms with Crippen LogP contribution in [0.5, 0.6) is 0 Å². The maximum Gasteiger partial charge on any atom is 0.261 e. The summed E-state index contributed by atoms with van der Waals surface area (Å²) >= 11 is 1.53. The summed E-state index contributed by atoms with van der Waals surface area (Å²) in [6.07, 6.45) is 1.44. The van der Waals surface area contributed by atoms with Gasteiger partial charge in [-0.3, -0.25) is 19.3 Å². The van der Waals surface area contributed by atoms with E-state index >= 15 is 0 Å². The van der Waals surface area contributed by atoms with Gasteiger partial charge in [0.25, 0.3) is 11.8 Å². The molecule has 0 unspecified atom stereocenters. The van der Waals surface area contributed by atoms with Crippen molar-refractivity contribution in [1.82, 2.24) is 15.2 Å². The molecule has 1 N–H and O–H groups in total. The summed E-state index contributed by atoms with van der Waals surface area (Å²) in [4.78, 5) is 41.5. The van der Waals surface area contributed by atoms with E-state index in [1.807, 2.05) is 5.38 Å². The molecule has 1 aliphatic heterocycles. The molecule has 0 atom stereocenters. The second kappa shape index (κ2) is 7.35. The number of thiazole rings is 1. The Morgan fingerprint density at radius 3 is 2.50 bits per heavy atom. The molecule has 3 rings (SSSR count). The number of rotatable bonds is 7. The van der Waals surface area contributed by atoms with Gasteiger partial charge in [0.1, 0.15) is 0 Å². The predicted octanol–water partition coefficient (Wildman–Crippen LogP) is 1.88. The van der Waals surface area contributed by atoms with E-state index in [1.54, 1.807) is 29.8 Å². The average molecular weight is 343 g/mol. The highest BCUT2D eigenvalue weighted by molar-refractivity contribution is 7.07. The van der Waals surface area contributed by atoms with Crippen molar-refractivity contribution in [3.05, 3.63) is 52.0 Å². The third kappa shape index (κ3) is 3.51. The molecule has 0 aliphatic carbocycles. The van der Waals surface area contributed by atoms with Crippen LogP contribution in [0.15, 0.2) is 35.2 Å². The lowest BCUT2D eigenvalue weighted by atomic mass is 10.1. The molecule has 0 radical (unpaired) electrons. The summed E-state index contributed by atoms with van der Waals surface area (Å²) in [7, 11) is 0. The van der Waals surface area contributed by atoms with E-state index in [4.69, 9.17) is 0 Å². The Kier molecular flexibility index (Phi) is 5.00. The van der Waals surface area contributed by atoms with Crippen LogP contribution in [0.1, 0.15) is 39.3 Å². The molecule has 24 heavy (non-hydrogen) atoms. The molecular weight excluding hydrogens is 326 g/mol. The number of benzene rings is 1. The van der Waals surface area contributed by atoms with Crippen molar-refractivity contribution in [2.24, 2.45) is 0 Å². The number of hydrogen-bond donors (Lipinski definition) is 1. The Balaban J connectivity index is 1.41. The molecule has 3 amide bonds. The number of aromatic nitrogens is 1. The van der Waals surface area contributed by atoms with E-state index in [9.17, 15) is 14.4 Å². The molecule has 1 aromatic heterocycles. The second-order valence-electron chi connectivity index (χ2n) is 5.49. The molecule has 0 spiro atoms. The third-order valence-corrected chi connectivity index (χ3v) is 4.49. The van der Waals surface area contributed by atoms with E-state index in [-0.39, 0.29) is 30.7 Å². The van der Waals surface area contributed by atoms with Crippen LogP contribution in [0, 0.1) is 0 Å². The van der Waals surface area contributed by atoms with Crippen molar-refractivity contribution in [2.45, 2.75) is 19.3 Å². The number of hydrogen-bond acceptors (Lipinski definition) is 5. The Morgan fingerprint density at radius 1 is 1.17 bits per heavy atom. The molecule has 0 fully saturated rings. The van der Waals surface area contributed by atoms with Crippen molar-refractivity contribution in [2.75, 3.05) is 13.1 Å². The monoisotopic (exact) mass is 343 g/mol. The number of carbonyl (C=O) groups is 3. The van der Waals surface area contributed by atoms with Gasteiger partial charge in [0.2, 0.25) is 5.91 Å². The standard InChI is InChI=1S/C17H17N3O3S/c21-15(18-8-7-12-10-24-11-19-12)6-3-9-20-16(22)13-4-1-2-5-14(13)17(20)23/h1-2,4-5,10-11H,3,6-9H2,(H,18,21). The maximum absolute atomic E-state index is 12.2. The highest BCUT2D eigenvalue weighted by Gasteiger charge is 2.34. The summed E-state index contributed by atoms with van der Waals surface area (Å²) < 4.78 is 0. The highest BCUT2D eigenvalue weighted by atomic mass is 32.1. The van der Waals surface area contributed by atoms with Crippen LogP contribution in [-0.4, -0.2) is 40.7 Å². The summed E-state index contributed by atoms with van der Waals surface area (Å²) in [6.45, 7) is 0.793. The van der Waals surface area contributed by atoms with Crippen molar-refractivity contribution < 1.29 is 14.4 Å². The van der Waals surface area contributed by atoms with Gasteiger partial charge in [0, 0.05) is 31.3 Å². The van der Waals surface area contributed by atoms with E-state index in [1.165, 1.54) is 16.2 Å². The lowest BCUT2D eigenvalue weighted by molar-refractivity contribution is -0.121. The molecule has 1 aliphatic rings. The van der Waals surface area contributed by atoms with Gasteiger partial charge >= 0.3 is 0 Å². The minimum atomic E-state index is -0.278. The minimum Gasteiger partial charge on any atom is -0.356 e. The van der Waals surface area contributed by atoms with Crippen molar-refractivity contribution in [1.29, 1.82) is 0 Å². The van der Waals surface area contributed by atoms with Crippen LogP contribution in [0.4, 0.5) is 0 Å². The van der Waals surface area contributed by atoms with Crippen LogP contribution >= 0.6 is 11.3 Å². The first kappa shape index (κ1) is 16.3. The highest BCUT2D eigenvalue weighted by Crippen LogP contribution is 2.22. The predicted molar refractivity (Wildman–Crippen MR) is 89.9 cm³/mol. The normalized spacial score (nSPS) is 13.2. The van der Waals surface area contributed by atoms with Crippen molar-refractivity contribution in [3.63, 3.8) is 0 Å². The maximum atomic E-state index is 12.2. The molecule has 2 aromatic rings. The number of nitrogens with one attached hydrogen (secondary N) is 1. The van der Waals surface area contributed by atoms with Crippen LogP contribution in [0.2, 0.25) is 0 Å². The van der Waals surface area contributed by atoms with E-state index < -0.39 is 0 Å². The SMILES string of the molecule is O=C(CCCN1C(=O)c2ccccc2C1=O)NCCc1cscn1. The lowest BCUT2D eigenvalue weighted by Gasteiger charge is -2.13. The number of carbonyl (C=O) groups excluding carboxylic acids is 3. The fourth-order valence-electron chi connectivity index (χ4n) is 2.62. The van der Waals surface area contributed by atoms with Gasteiger partial charge in [-0.1, -0.05) is 12.1 Å². The number of imide groups is 1. The quantitative estimate of drug-likeness (QED) is 0.779. The smallest absolute Gasteiger partial charge is 0.261 e. The van der Waals surface area contributed by atoms with Crippen molar-refractivity contribution >= 4 is 29.1 Å². The summed E-state index contributed by atoms with van der Waals surface area (Å²) in [6, 6.07) is 6.79. The van der Waals surface area contributed by atoms with E-state index in [0.717, 1.165) is 5.69 Å². The molecule has 0 saturated carbocycles. The fourth-order valence-corrected chi connectivity index (χ4v) is 3.21. The molecule has 0 bridgehead atoms. The molecule has 2 heterocycles. The average Bonchev–Trinajstić information content (AvgIpc) is 3.18. The first-order valence-corrected chi connectivity index (χ1v) is 8.70. The van der Waals surface area contributed by atoms with Gasteiger partial charge in [-0.2, -0.15) is 0 Å². The Morgan fingerprint density at radius 2 is 1.88 bits per heavy atom. The Hall–Kier alpha value is -2.54. The van der Waals surface area contributed by atoms with Gasteiger partial charge in [0.15, 0.2) is 0 Å². The van der Waals surface area contributed by atoms with Gasteiger partial charge in [0.05, 0.1) is 22.3 Å². The van der Waals surface area contributed by atoms with Crippen LogP contribution in [0.3, 0.4) is 0 Å². The van der Waals surface area contributed by atoms with Gasteiger partial charge in [-0.05, 0) is 18.6 Å². The molecule has 0 saturated heterocycles. The van der Waals surface area contributed by atoms with Gasteiger partial charge < -0.3 is 5.32 Å². The zero-order valence-corrected chi connectivity index (χ0v) is 13.8. The molecule has 7 heteroatoms. The summed E-state index contributed by atoms with van der Waals surface area (Å²) in [5, 5.41) is 4.78. The summed E-state index contributed by atoms with van der Waals surface area (Å²) in [5.74, 6) is -0.638. The van der Waals surface area contributed by atoms with Gasteiger partial charge in [-0.15, -0.1) is 11.3 Å². The van der Waals surface area contributed by atoms with Crippen molar-refractivity contribution in [3.8, 4) is 0 Å². The Labute approximate surface area is 143 Å². The summed E-state index contributed by atoms with van der Waals surface area (Å²) in [5.41, 5.74) is 3.61. The molecular formula is C17H17N3O3S. The first-order valence-electron chi connectivity index (χ1n) is 7.76. The molecule has 124 valence electrons. The zero-order chi connectivity index (χ0) is 16.9. The topological polar surface area (TPSA) is 79.4 Å². The molecule has 1 aromatic carbocycles. The molecule has 6 nitrogen and oxygen atoms in total. The van der Waals surface area contributed by atoms with E-state index in [0.29, 0.717) is 30.5 Å². The number of amides is 3.